The third kappa shape index (κ3) is 1.85. The summed E-state index contributed by atoms with van der Waals surface area (Å²) in [6.45, 7) is 4.14. The van der Waals surface area contributed by atoms with Gasteiger partial charge in [-0.05, 0) is 18.1 Å². The van der Waals surface area contributed by atoms with Crippen LogP contribution in [0.1, 0.15) is 32.3 Å². The van der Waals surface area contributed by atoms with Crippen LogP contribution in [0.25, 0.3) is 0 Å². The van der Waals surface area contributed by atoms with E-state index < -0.39 is 0 Å². The van der Waals surface area contributed by atoms with Gasteiger partial charge in [0.25, 0.3) is 0 Å². The van der Waals surface area contributed by atoms with Crippen molar-refractivity contribution in [2.45, 2.75) is 38.1 Å². The number of carbonyl (C=O) groups is 1. The van der Waals surface area contributed by atoms with Crippen LogP contribution in [0.3, 0.4) is 0 Å². The van der Waals surface area contributed by atoms with Crippen molar-refractivity contribution in [2.24, 2.45) is 0 Å². The number of amides is 1. The van der Waals surface area contributed by atoms with E-state index in [2.05, 4.69) is 19.2 Å². The Morgan fingerprint density at radius 1 is 1.62 bits per heavy atom. The predicted octanol–water partition coefficient (Wildman–Crippen LogP) is 3.61. The SMILES string of the molecule is CCC1NC(=O)CC1(C)c1cc(Cl)sc1Cl. The fourth-order valence-electron chi connectivity index (χ4n) is 2.43. The minimum Gasteiger partial charge on any atom is -0.352 e. The first-order valence-electron chi connectivity index (χ1n) is 5.22. The van der Waals surface area contributed by atoms with E-state index in [4.69, 9.17) is 23.2 Å². The Hall–Kier alpha value is -0.250. The molecule has 1 aliphatic heterocycles. The van der Waals surface area contributed by atoms with Crippen LogP contribution in [0.15, 0.2) is 6.07 Å². The minimum atomic E-state index is -0.230. The molecule has 2 atom stereocenters. The van der Waals surface area contributed by atoms with Crippen LogP contribution in [0.5, 0.6) is 0 Å². The number of hydrogen-bond donors (Lipinski definition) is 1. The second-order valence-corrected chi connectivity index (χ2v) is 6.65. The average Bonchev–Trinajstić information content (AvgIpc) is 2.67. The van der Waals surface area contributed by atoms with Crippen molar-refractivity contribution in [2.75, 3.05) is 0 Å². The zero-order valence-electron chi connectivity index (χ0n) is 9.14. The summed E-state index contributed by atoms with van der Waals surface area (Å²) in [4.78, 5) is 11.5. The maximum atomic E-state index is 11.5. The maximum absolute atomic E-state index is 11.5. The summed E-state index contributed by atoms with van der Waals surface area (Å²) in [5, 5.41) is 2.99. The van der Waals surface area contributed by atoms with Gasteiger partial charge in [-0.25, -0.2) is 0 Å². The largest absolute Gasteiger partial charge is 0.352 e. The fourth-order valence-corrected chi connectivity index (χ4v) is 4.16. The summed E-state index contributed by atoms with van der Waals surface area (Å²) in [6.07, 6.45) is 1.38. The molecule has 2 heterocycles. The molecule has 1 aromatic rings. The van der Waals surface area contributed by atoms with Crippen molar-refractivity contribution in [1.29, 1.82) is 0 Å². The van der Waals surface area contributed by atoms with Gasteiger partial charge < -0.3 is 5.32 Å². The molecule has 2 nitrogen and oxygen atoms in total. The quantitative estimate of drug-likeness (QED) is 0.879. The monoisotopic (exact) mass is 277 g/mol. The summed E-state index contributed by atoms with van der Waals surface area (Å²) in [5.41, 5.74) is 0.765. The summed E-state index contributed by atoms with van der Waals surface area (Å²) < 4.78 is 1.37. The first-order chi connectivity index (χ1) is 7.47. The molecule has 2 unspecified atom stereocenters. The summed E-state index contributed by atoms with van der Waals surface area (Å²) in [5.74, 6) is 0.0905. The van der Waals surface area contributed by atoms with Crippen molar-refractivity contribution >= 4 is 40.4 Å². The molecule has 1 amide bonds. The van der Waals surface area contributed by atoms with Crippen molar-refractivity contribution < 1.29 is 4.79 Å². The topological polar surface area (TPSA) is 29.1 Å². The number of carbonyl (C=O) groups excluding carboxylic acids is 1. The molecule has 16 heavy (non-hydrogen) atoms. The highest BCUT2D eigenvalue weighted by Gasteiger charge is 2.45. The molecule has 5 heteroatoms. The van der Waals surface area contributed by atoms with Gasteiger partial charge in [0, 0.05) is 17.9 Å². The number of nitrogens with one attached hydrogen (secondary N) is 1. The van der Waals surface area contributed by atoms with E-state index in [-0.39, 0.29) is 17.4 Å². The Morgan fingerprint density at radius 3 is 2.81 bits per heavy atom. The Labute approximate surface area is 109 Å². The highest BCUT2D eigenvalue weighted by molar-refractivity contribution is 7.20. The lowest BCUT2D eigenvalue weighted by Gasteiger charge is -2.29. The molecule has 0 bridgehead atoms. The Bertz CT molecular complexity index is 432. The normalized spacial score (nSPS) is 29.5. The van der Waals surface area contributed by atoms with E-state index in [0.717, 1.165) is 12.0 Å². The number of hydrogen-bond acceptors (Lipinski definition) is 2. The molecular weight excluding hydrogens is 265 g/mol. The lowest BCUT2D eigenvalue weighted by Crippen LogP contribution is -2.37. The maximum Gasteiger partial charge on any atom is 0.221 e. The van der Waals surface area contributed by atoms with Crippen LogP contribution < -0.4 is 5.32 Å². The third-order valence-electron chi connectivity index (χ3n) is 3.31. The fraction of sp³-hybridized carbons (Fsp3) is 0.545. The van der Waals surface area contributed by atoms with E-state index >= 15 is 0 Å². The molecule has 1 saturated heterocycles. The number of rotatable bonds is 2. The second-order valence-electron chi connectivity index (χ2n) is 4.36. The van der Waals surface area contributed by atoms with E-state index in [1.54, 1.807) is 0 Å². The highest BCUT2D eigenvalue weighted by atomic mass is 35.5. The van der Waals surface area contributed by atoms with Gasteiger partial charge in [-0.1, -0.05) is 37.0 Å². The van der Waals surface area contributed by atoms with Crippen LogP contribution in [0.2, 0.25) is 8.67 Å². The number of thiophene rings is 1. The van der Waals surface area contributed by atoms with E-state index in [0.29, 0.717) is 15.1 Å². The van der Waals surface area contributed by atoms with E-state index in [1.165, 1.54) is 11.3 Å². The van der Waals surface area contributed by atoms with Gasteiger partial charge in [-0.3, -0.25) is 4.79 Å². The first-order valence-corrected chi connectivity index (χ1v) is 6.79. The molecule has 0 aromatic carbocycles. The molecule has 88 valence electrons. The lowest BCUT2D eigenvalue weighted by molar-refractivity contribution is -0.119. The molecule has 0 aliphatic carbocycles. The molecule has 1 aliphatic rings. The van der Waals surface area contributed by atoms with E-state index in [1.807, 2.05) is 6.07 Å². The van der Waals surface area contributed by atoms with Gasteiger partial charge in [0.05, 0.1) is 8.67 Å². The minimum absolute atomic E-state index is 0.0905. The van der Waals surface area contributed by atoms with Gasteiger partial charge in [0.1, 0.15) is 0 Å². The summed E-state index contributed by atoms with van der Waals surface area (Å²) >= 11 is 13.5. The summed E-state index contributed by atoms with van der Waals surface area (Å²) in [6, 6.07) is 2.03. The van der Waals surface area contributed by atoms with E-state index in [9.17, 15) is 4.79 Å². The zero-order chi connectivity index (χ0) is 11.9. The molecule has 0 saturated carbocycles. The Morgan fingerprint density at radius 2 is 2.31 bits per heavy atom. The van der Waals surface area contributed by atoms with Crippen LogP contribution in [-0.2, 0) is 10.2 Å². The first kappa shape index (κ1) is 12.2. The molecule has 1 fully saturated rings. The van der Waals surface area contributed by atoms with Crippen LogP contribution in [-0.4, -0.2) is 11.9 Å². The molecule has 2 rings (SSSR count). The molecule has 0 radical (unpaired) electrons. The van der Waals surface area contributed by atoms with Crippen molar-refractivity contribution in [3.63, 3.8) is 0 Å². The summed E-state index contributed by atoms with van der Waals surface area (Å²) in [7, 11) is 0. The highest BCUT2D eigenvalue weighted by Crippen LogP contribution is 2.45. The van der Waals surface area contributed by atoms with Crippen LogP contribution >= 0.6 is 34.5 Å². The van der Waals surface area contributed by atoms with Gasteiger partial charge in [-0.15, -0.1) is 11.3 Å². The smallest absolute Gasteiger partial charge is 0.221 e. The van der Waals surface area contributed by atoms with Gasteiger partial charge in [0.15, 0.2) is 0 Å². The molecular formula is C11H13Cl2NOS. The molecule has 1 N–H and O–H groups in total. The molecule has 1 aromatic heterocycles. The Kier molecular flexibility index (Phi) is 3.21. The van der Waals surface area contributed by atoms with Gasteiger partial charge >= 0.3 is 0 Å². The lowest BCUT2D eigenvalue weighted by atomic mass is 9.76. The molecule has 0 spiro atoms. The van der Waals surface area contributed by atoms with Crippen molar-refractivity contribution in [3.05, 3.63) is 20.3 Å². The average molecular weight is 278 g/mol. The van der Waals surface area contributed by atoms with Gasteiger partial charge in [0.2, 0.25) is 5.91 Å². The van der Waals surface area contributed by atoms with Crippen molar-refractivity contribution in [1.82, 2.24) is 5.32 Å². The number of halogens is 2. The predicted molar refractivity (Wildman–Crippen MR) is 68.5 cm³/mol. The van der Waals surface area contributed by atoms with Crippen LogP contribution in [0.4, 0.5) is 0 Å². The standard InChI is InChI=1S/C11H13Cl2NOS/c1-3-7-11(2,5-9(15)14-7)6-4-8(12)16-10(6)13/h4,7H,3,5H2,1-2H3,(H,14,15). The van der Waals surface area contributed by atoms with Gasteiger partial charge in [-0.2, -0.15) is 0 Å². The third-order valence-corrected chi connectivity index (χ3v) is 4.80. The Balaban J connectivity index is 2.44. The van der Waals surface area contributed by atoms with Crippen molar-refractivity contribution in [3.8, 4) is 0 Å². The zero-order valence-corrected chi connectivity index (χ0v) is 11.5. The van der Waals surface area contributed by atoms with Crippen LogP contribution in [0, 0.1) is 0 Å². The second kappa shape index (κ2) is 4.21.